The minimum atomic E-state index is -3.28. The number of rotatable bonds is 7. The van der Waals surface area contributed by atoms with Gasteiger partial charge >= 0.3 is 6.61 Å². The molecule has 0 heterocycles. The molecule has 0 radical (unpaired) electrons. The normalized spacial score (nSPS) is 26.3. The van der Waals surface area contributed by atoms with Gasteiger partial charge < -0.3 is 4.74 Å². The van der Waals surface area contributed by atoms with Gasteiger partial charge in [-0.05, 0) is 67.6 Å². The first-order chi connectivity index (χ1) is 14.8. The lowest BCUT2D eigenvalue weighted by atomic mass is 9.79. The van der Waals surface area contributed by atoms with E-state index in [1.54, 1.807) is 0 Å². The van der Waals surface area contributed by atoms with E-state index in [-0.39, 0.29) is 12.6 Å². The molecule has 1 aromatic rings. The number of hydrogen-bond acceptors (Lipinski definition) is 1. The Bertz CT molecular complexity index is 600. The fourth-order valence-corrected chi connectivity index (χ4v) is 4.77. The van der Waals surface area contributed by atoms with Gasteiger partial charge in [-0.15, -0.1) is 0 Å². The van der Waals surface area contributed by atoms with Crippen molar-refractivity contribution in [2.75, 3.05) is 6.67 Å². The molecule has 0 unspecified atom stereocenters. The SMILES string of the molecule is CCCC1CCC(CCF)CC1.Fc1cc(C2CCC(F)CC2)cc(F)c1OC(F)F. The molecule has 31 heavy (non-hydrogen) atoms. The quantitative estimate of drug-likeness (QED) is 0.377. The zero-order chi connectivity index (χ0) is 22.8. The fraction of sp³-hybridized carbons (Fsp3) is 0.750. The standard InChI is InChI=1S/C13H13F5O.C11H21F/c14-9-3-1-7(2-4-9)8-5-10(15)12(11(16)6-8)19-13(17)18;1-2-3-10-4-6-11(7-5-10)8-9-12/h5-7,9,13H,1-4H2;10-11H,2-9H2,1H3. The van der Waals surface area contributed by atoms with Crippen molar-refractivity contribution in [3.63, 3.8) is 0 Å². The molecule has 1 aromatic carbocycles. The van der Waals surface area contributed by atoms with Gasteiger partial charge in [-0.1, -0.05) is 45.4 Å². The molecule has 0 aromatic heterocycles. The molecule has 0 bridgehead atoms. The number of alkyl halides is 4. The molecular formula is C24H34F6O. The van der Waals surface area contributed by atoms with Crippen molar-refractivity contribution in [3.8, 4) is 5.75 Å². The van der Waals surface area contributed by atoms with Crippen molar-refractivity contribution in [1.82, 2.24) is 0 Å². The van der Waals surface area contributed by atoms with Crippen molar-refractivity contribution in [2.24, 2.45) is 11.8 Å². The van der Waals surface area contributed by atoms with E-state index in [2.05, 4.69) is 11.7 Å². The van der Waals surface area contributed by atoms with Gasteiger partial charge in [0.25, 0.3) is 0 Å². The van der Waals surface area contributed by atoms with Crippen LogP contribution in [-0.4, -0.2) is 19.5 Å². The summed E-state index contributed by atoms with van der Waals surface area (Å²) in [4.78, 5) is 0. The molecular weight excluding hydrogens is 418 g/mol. The minimum Gasteiger partial charge on any atom is -0.429 e. The third-order valence-corrected chi connectivity index (χ3v) is 6.54. The average molecular weight is 453 g/mol. The smallest absolute Gasteiger partial charge is 0.387 e. The van der Waals surface area contributed by atoms with E-state index in [0.29, 0.717) is 37.2 Å². The zero-order valence-corrected chi connectivity index (χ0v) is 18.2. The molecule has 2 saturated carbocycles. The summed E-state index contributed by atoms with van der Waals surface area (Å²) < 4.78 is 79.8. The first kappa shape index (κ1) is 25.9. The summed E-state index contributed by atoms with van der Waals surface area (Å²) in [5, 5.41) is 0. The van der Waals surface area contributed by atoms with E-state index in [9.17, 15) is 26.3 Å². The summed E-state index contributed by atoms with van der Waals surface area (Å²) >= 11 is 0. The monoisotopic (exact) mass is 452 g/mol. The first-order valence-electron chi connectivity index (χ1n) is 11.5. The summed E-state index contributed by atoms with van der Waals surface area (Å²) in [6, 6.07) is 1.98. The van der Waals surface area contributed by atoms with Crippen molar-refractivity contribution in [1.29, 1.82) is 0 Å². The van der Waals surface area contributed by atoms with Crippen LogP contribution in [0.2, 0.25) is 0 Å². The van der Waals surface area contributed by atoms with Gasteiger partial charge in [0.15, 0.2) is 17.4 Å². The molecule has 178 valence electrons. The van der Waals surface area contributed by atoms with E-state index >= 15 is 0 Å². The summed E-state index contributed by atoms with van der Waals surface area (Å²) in [5.41, 5.74) is 0.364. The van der Waals surface area contributed by atoms with Crippen molar-refractivity contribution in [3.05, 3.63) is 29.3 Å². The van der Waals surface area contributed by atoms with Gasteiger partial charge in [0, 0.05) is 0 Å². The van der Waals surface area contributed by atoms with Gasteiger partial charge in [-0.25, -0.2) is 13.2 Å². The van der Waals surface area contributed by atoms with Gasteiger partial charge in [-0.3, -0.25) is 4.39 Å². The van der Waals surface area contributed by atoms with Crippen LogP contribution in [0.25, 0.3) is 0 Å². The molecule has 2 fully saturated rings. The van der Waals surface area contributed by atoms with Crippen LogP contribution < -0.4 is 4.74 Å². The molecule has 0 aliphatic heterocycles. The molecule has 0 amide bonds. The highest BCUT2D eigenvalue weighted by atomic mass is 19.3. The Labute approximate surface area is 181 Å². The molecule has 7 heteroatoms. The Balaban J connectivity index is 0.000000245. The Morgan fingerprint density at radius 2 is 1.39 bits per heavy atom. The lowest BCUT2D eigenvalue weighted by molar-refractivity contribution is -0.0546. The van der Waals surface area contributed by atoms with Gasteiger partial charge in [0.05, 0.1) is 6.67 Å². The second kappa shape index (κ2) is 13.2. The van der Waals surface area contributed by atoms with Crippen LogP contribution in [-0.2, 0) is 0 Å². The molecule has 2 aliphatic carbocycles. The summed E-state index contributed by atoms with van der Waals surface area (Å²) in [6.07, 6.45) is 9.64. The molecule has 0 atom stereocenters. The third-order valence-electron chi connectivity index (χ3n) is 6.54. The minimum absolute atomic E-state index is 0.108. The highest BCUT2D eigenvalue weighted by Gasteiger charge is 2.25. The van der Waals surface area contributed by atoms with Crippen LogP contribution in [0.5, 0.6) is 5.75 Å². The molecule has 2 aliphatic rings. The predicted molar refractivity (Wildman–Crippen MR) is 110 cm³/mol. The van der Waals surface area contributed by atoms with Gasteiger partial charge in [0.2, 0.25) is 0 Å². The fourth-order valence-electron chi connectivity index (χ4n) is 4.77. The maximum Gasteiger partial charge on any atom is 0.387 e. The van der Waals surface area contributed by atoms with Crippen LogP contribution in [0.4, 0.5) is 26.3 Å². The number of halogens is 6. The Hall–Kier alpha value is -1.40. The number of ether oxygens (including phenoxy) is 1. The van der Waals surface area contributed by atoms with Gasteiger partial charge in [0.1, 0.15) is 6.17 Å². The number of benzene rings is 1. The Kier molecular flexibility index (Phi) is 11.0. The lowest BCUT2D eigenvalue weighted by Gasteiger charge is -2.27. The topological polar surface area (TPSA) is 9.23 Å². The van der Waals surface area contributed by atoms with Crippen LogP contribution in [0, 0.1) is 23.5 Å². The van der Waals surface area contributed by atoms with Crippen molar-refractivity contribution in [2.45, 2.75) is 96.3 Å². The van der Waals surface area contributed by atoms with E-state index in [0.717, 1.165) is 24.5 Å². The molecule has 0 spiro atoms. The molecule has 0 N–H and O–H groups in total. The summed E-state index contributed by atoms with van der Waals surface area (Å²) in [5.74, 6) is -1.85. The van der Waals surface area contributed by atoms with E-state index in [1.165, 1.54) is 38.5 Å². The maximum absolute atomic E-state index is 13.5. The number of hydrogen-bond donors (Lipinski definition) is 0. The average Bonchev–Trinajstić information content (AvgIpc) is 2.73. The molecule has 3 rings (SSSR count). The van der Waals surface area contributed by atoms with E-state index in [4.69, 9.17) is 0 Å². The van der Waals surface area contributed by atoms with Crippen molar-refractivity contribution >= 4 is 0 Å². The van der Waals surface area contributed by atoms with Gasteiger partial charge in [-0.2, -0.15) is 8.78 Å². The first-order valence-corrected chi connectivity index (χ1v) is 11.5. The second-order valence-corrected chi connectivity index (χ2v) is 8.79. The Morgan fingerprint density at radius 1 is 0.871 bits per heavy atom. The van der Waals surface area contributed by atoms with Crippen LogP contribution >= 0.6 is 0 Å². The predicted octanol–water partition coefficient (Wildman–Crippen LogP) is 8.51. The zero-order valence-electron chi connectivity index (χ0n) is 18.2. The maximum atomic E-state index is 13.5. The third kappa shape index (κ3) is 8.57. The largest absolute Gasteiger partial charge is 0.429 e. The highest BCUT2D eigenvalue weighted by molar-refractivity contribution is 5.33. The lowest BCUT2D eigenvalue weighted by Crippen LogP contribution is -2.14. The van der Waals surface area contributed by atoms with Crippen molar-refractivity contribution < 1.29 is 31.1 Å². The van der Waals surface area contributed by atoms with E-state index in [1.807, 2.05) is 0 Å². The van der Waals surface area contributed by atoms with Crippen LogP contribution in [0.3, 0.4) is 0 Å². The molecule has 1 nitrogen and oxygen atoms in total. The highest BCUT2D eigenvalue weighted by Crippen LogP contribution is 2.37. The Morgan fingerprint density at radius 3 is 1.84 bits per heavy atom. The van der Waals surface area contributed by atoms with E-state index < -0.39 is 30.2 Å². The summed E-state index contributed by atoms with van der Waals surface area (Å²) in [6.45, 7) is -1.13. The molecule has 0 saturated heterocycles. The second-order valence-electron chi connectivity index (χ2n) is 8.79. The van der Waals surface area contributed by atoms with Crippen LogP contribution in [0.1, 0.15) is 89.0 Å². The summed E-state index contributed by atoms with van der Waals surface area (Å²) in [7, 11) is 0. The van der Waals surface area contributed by atoms with Crippen LogP contribution in [0.15, 0.2) is 12.1 Å².